The number of aliphatic carboxylic acids is 1. The molecular weight excluding hydrogens is 300 g/mol. The molecule has 1 aromatic carbocycles. The summed E-state index contributed by atoms with van der Waals surface area (Å²) in [7, 11) is 0. The van der Waals surface area contributed by atoms with Gasteiger partial charge in [-0.15, -0.1) is 0 Å². The van der Waals surface area contributed by atoms with Crippen LogP contribution in [-0.4, -0.2) is 27.8 Å². The van der Waals surface area contributed by atoms with E-state index in [1.165, 1.54) is 12.1 Å². The second-order valence-corrected chi connectivity index (χ2v) is 5.86. The van der Waals surface area contributed by atoms with Gasteiger partial charge in [-0.1, -0.05) is 32.4 Å². The first-order valence-electron chi connectivity index (χ1n) is 6.01. The molecule has 1 atom stereocenters. The van der Waals surface area contributed by atoms with Crippen LogP contribution in [0.3, 0.4) is 0 Å². The van der Waals surface area contributed by atoms with E-state index in [0.717, 1.165) is 6.07 Å². The van der Waals surface area contributed by atoms with Crippen molar-refractivity contribution in [2.75, 3.05) is 5.32 Å². The molecule has 0 aliphatic rings. The number of hydrogen-bond acceptors (Lipinski definition) is 5. The first-order valence-corrected chi connectivity index (χ1v) is 6.39. The average molecular weight is 315 g/mol. The molecule has 0 aliphatic heterocycles. The molecule has 1 rings (SSSR count). The van der Waals surface area contributed by atoms with E-state index < -0.39 is 28.1 Å². The van der Waals surface area contributed by atoms with Crippen molar-refractivity contribution in [3.8, 4) is 0 Å². The average Bonchev–Trinajstić information content (AvgIpc) is 2.35. The van der Waals surface area contributed by atoms with Gasteiger partial charge in [0.05, 0.1) is 15.6 Å². The van der Waals surface area contributed by atoms with E-state index in [0.29, 0.717) is 0 Å². The molecule has 1 unspecified atom stereocenters. The molecule has 2 N–H and O–H groups in total. The summed E-state index contributed by atoms with van der Waals surface area (Å²) in [5.41, 5.74) is -1.12. The van der Waals surface area contributed by atoms with Crippen molar-refractivity contribution in [1.82, 2.24) is 0 Å². The molecule has 21 heavy (non-hydrogen) atoms. The van der Waals surface area contributed by atoms with Gasteiger partial charge < -0.3 is 10.4 Å². The Kier molecular flexibility index (Phi) is 4.90. The van der Waals surface area contributed by atoms with E-state index in [-0.39, 0.29) is 16.4 Å². The fraction of sp³-hybridized carbons (Fsp3) is 0.385. The number of hydrogen-bond donors (Lipinski definition) is 2. The third kappa shape index (κ3) is 4.16. The molecule has 0 saturated heterocycles. The minimum absolute atomic E-state index is 0.0240. The predicted molar refractivity (Wildman–Crippen MR) is 77.6 cm³/mol. The molecule has 0 aliphatic carbocycles. The highest BCUT2D eigenvalue weighted by Crippen LogP contribution is 2.28. The fourth-order valence-corrected chi connectivity index (χ4v) is 1.74. The summed E-state index contributed by atoms with van der Waals surface area (Å²) in [6.07, 6.45) is 0. The molecule has 0 aromatic heterocycles. The maximum Gasteiger partial charge on any atom is 0.333 e. The molecule has 0 saturated carbocycles. The van der Waals surface area contributed by atoms with Gasteiger partial charge in [0.15, 0.2) is 11.8 Å². The SMILES string of the molecule is CC(C)(C)C(=O)C(Nc1cc([N+](=O)[O-])ccc1Cl)C(=O)O. The van der Waals surface area contributed by atoms with Crippen molar-refractivity contribution in [3.05, 3.63) is 33.3 Å². The number of nitrogens with one attached hydrogen (secondary N) is 1. The van der Waals surface area contributed by atoms with Gasteiger partial charge in [-0.3, -0.25) is 14.9 Å². The van der Waals surface area contributed by atoms with Crippen LogP contribution in [0.25, 0.3) is 0 Å². The van der Waals surface area contributed by atoms with Gasteiger partial charge in [0.25, 0.3) is 5.69 Å². The van der Waals surface area contributed by atoms with Crippen molar-refractivity contribution in [2.24, 2.45) is 5.41 Å². The number of Topliss-reactive ketones (excluding diaryl/α,β-unsaturated/α-hetero) is 1. The lowest BCUT2D eigenvalue weighted by Gasteiger charge is -2.23. The highest BCUT2D eigenvalue weighted by Gasteiger charge is 2.35. The topological polar surface area (TPSA) is 110 Å². The fourth-order valence-electron chi connectivity index (χ4n) is 1.57. The van der Waals surface area contributed by atoms with Crippen molar-refractivity contribution >= 4 is 34.7 Å². The van der Waals surface area contributed by atoms with E-state index >= 15 is 0 Å². The number of ketones is 1. The lowest BCUT2D eigenvalue weighted by Crippen LogP contribution is -2.43. The second-order valence-electron chi connectivity index (χ2n) is 5.45. The highest BCUT2D eigenvalue weighted by atomic mass is 35.5. The van der Waals surface area contributed by atoms with E-state index in [9.17, 15) is 24.8 Å². The van der Waals surface area contributed by atoms with E-state index in [1.54, 1.807) is 20.8 Å². The number of non-ortho nitro benzene ring substituents is 1. The Bertz CT molecular complexity index is 595. The zero-order chi connectivity index (χ0) is 16.4. The third-order valence-electron chi connectivity index (χ3n) is 2.71. The van der Waals surface area contributed by atoms with Crippen LogP contribution in [-0.2, 0) is 9.59 Å². The molecule has 0 bridgehead atoms. The predicted octanol–water partition coefficient (Wildman–Crippen LogP) is 2.73. The largest absolute Gasteiger partial charge is 0.479 e. The van der Waals surface area contributed by atoms with Crippen LogP contribution in [0.2, 0.25) is 5.02 Å². The minimum Gasteiger partial charge on any atom is -0.479 e. The molecule has 8 heteroatoms. The molecule has 7 nitrogen and oxygen atoms in total. The lowest BCUT2D eigenvalue weighted by molar-refractivity contribution is -0.384. The molecule has 0 fully saturated rings. The summed E-state index contributed by atoms with van der Waals surface area (Å²) < 4.78 is 0. The van der Waals surface area contributed by atoms with E-state index in [2.05, 4.69) is 5.32 Å². The molecule has 0 radical (unpaired) electrons. The Labute approximate surface area is 126 Å². The van der Waals surface area contributed by atoms with E-state index in [1.807, 2.05) is 0 Å². The van der Waals surface area contributed by atoms with Gasteiger partial charge in [-0.25, -0.2) is 4.79 Å². The number of carboxylic acid groups (broad SMARTS) is 1. The van der Waals surface area contributed by atoms with E-state index in [4.69, 9.17) is 11.6 Å². The summed E-state index contributed by atoms with van der Waals surface area (Å²) >= 11 is 5.88. The maximum absolute atomic E-state index is 12.1. The van der Waals surface area contributed by atoms with Crippen molar-refractivity contribution in [2.45, 2.75) is 26.8 Å². The van der Waals surface area contributed by atoms with Gasteiger partial charge >= 0.3 is 5.97 Å². The number of anilines is 1. The molecule has 0 spiro atoms. The Morgan fingerprint density at radius 2 is 1.95 bits per heavy atom. The van der Waals surface area contributed by atoms with Gasteiger partial charge in [-0.2, -0.15) is 0 Å². The molecular formula is C13H15ClN2O5. The molecule has 0 heterocycles. The zero-order valence-corrected chi connectivity index (χ0v) is 12.5. The van der Waals surface area contributed by atoms with Gasteiger partial charge in [0.2, 0.25) is 0 Å². The van der Waals surface area contributed by atoms with Gasteiger partial charge in [-0.05, 0) is 6.07 Å². The Morgan fingerprint density at radius 3 is 2.38 bits per heavy atom. The summed E-state index contributed by atoms with van der Waals surface area (Å²) in [6.45, 7) is 4.76. The number of carbonyl (C=O) groups is 2. The second kappa shape index (κ2) is 6.09. The van der Waals surface area contributed by atoms with Crippen LogP contribution < -0.4 is 5.32 Å². The van der Waals surface area contributed by atoms with Crippen LogP contribution in [0, 0.1) is 15.5 Å². The quantitative estimate of drug-likeness (QED) is 0.491. The number of carbonyl (C=O) groups excluding carboxylic acids is 1. The summed E-state index contributed by atoms with van der Waals surface area (Å²) in [5, 5.41) is 22.5. The number of benzene rings is 1. The van der Waals surface area contributed by atoms with Crippen molar-refractivity contribution < 1.29 is 19.6 Å². The van der Waals surface area contributed by atoms with Crippen LogP contribution in [0.1, 0.15) is 20.8 Å². The minimum atomic E-state index is -1.54. The Morgan fingerprint density at radius 1 is 1.38 bits per heavy atom. The smallest absolute Gasteiger partial charge is 0.333 e. The normalized spacial score (nSPS) is 12.6. The maximum atomic E-state index is 12.1. The number of nitro groups is 1. The summed E-state index contributed by atoms with van der Waals surface area (Å²) in [5.74, 6) is -1.94. The lowest BCUT2D eigenvalue weighted by atomic mass is 9.86. The highest BCUT2D eigenvalue weighted by molar-refractivity contribution is 6.33. The van der Waals surface area contributed by atoms with Crippen LogP contribution in [0.5, 0.6) is 0 Å². The molecule has 1 aromatic rings. The summed E-state index contributed by atoms with van der Waals surface area (Å²) in [4.78, 5) is 33.5. The van der Waals surface area contributed by atoms with Crippen molar-refractivity contribution in [3.63, 3.8) is 0 Å². The van der Waals surface area contributed by atoms with Gasteiger partial charge in [0, 0.05) is 17.5 Å². The number of halogens is 1. The molecule has 114 valence electrons. The molecule has 0 amide bonds. The first kappa shape index (κ1) is 16.9. The third-order valence-corrected chi connectivity index (χ3v) is 3.04. The number of nitrogens with zero attached hydrogens (tertiary/aromatic N) is 1. The zero-order valence-electron chi connectivity index (χ0n) is 11.7. The van der Waals surface area contributed by atoms with Crippen LogP contribution in [0.4, 0.5) is 11.4 Å². The number of rotatable bonds is 5. The van der Waals surface area contributed by atoms with Crippen LogP contribution >= 0.6 is 11.6 Å². The number of carboxylic acids is 1. The standard InChI is InChI=1S/C13H15ClN2O5/c1-13(2,3)11(17)10(12(18)19)15-9-6-7(16(20)21)4-5-8(9)14/h4-6,10,15H,1-3H3,(H,18,19). The van der Waals surface area contributed by atoms with Crippen molar-refractivity contribution in [1.29, 1.82) is 0 Å². The number of nitro benzene ring substituents is 1. The van der Waals surface area contributed by atoms with Crippen LogP contribution in [0.15, 0.2) is 18.2 Å². The Balaban J connectivity index is 3.16. The Hall–Kier alpha value is -2.15. The summed E-state index contributed by atoms with van der Waals surface area (Å²) in [6, 6.07) is 2.01. The first-order chi connectivity index (χ1) is 9.54. The van der Waals surface area contributed by atoms with Gasteiger partial charge in [0.1, 0.15) is 0 Å². The monoisotopic (exact) mass is 314 g/mol.